The summed E-state index contributed by atoms with van der Waals surface area (Å²) in [5.41, 5.74) is 1.84. The minimum absolute atomic E-state index is 0.0879. The van der Waals surface area contributed by atoms with Crippen molar-refractivity contribution >= 4 is 32.0 Å². The van der Waals surface area contributed by atoms with Gasteiger partial charge in [0, 0.05) is 10.5 Å². The van der Waals surface area contributed by atoms with E-state index in [0.29, 0.717) is 10.2 Å². The quantitative estimate of drug-likeness (QED) is 0.441. The van der Waals surface area contributed by atoms with E-state index in [9.17, 15) is 13.2 Å². The maximum absolute atomic E-state index is 12.9. The number of methoxy groups -OCH3 is 1. The molecule has 0 atom stereocenters. The second kappa shape index (κ2) is 10.1. The van der Waals surface area contributed by atoms with E-state index in [2.05, 4.69) is 21.2 Å². The fraction of sp³-hybridized carbons (Fsp3) is 0.174. The molecule has 0 bridgehead atoms. The van der Waals surface area contributed by atoms with Gasteiger partial charge < -0.3 is 14.8 Å². The molecule has 0 aliphatic rings. The summed E-state index contributed by atoms with van der Waals surface area (Å²) in [7, 11) is -2.57. The Bertz CT molecular complexity index is 1210. The van der Waals surface area contributed by atoms with Crippen LogP contribution in [-0.2, 0) is 10.0 Å². The van der Waals surface area contributed by atoms with Gasteiger partial charge in [-0.1, -0.05) is 40.2 Å². The highest BCUT2D eigenvalue weighted by Crippen LogP contribution is 2.33. The van der Waals surface area contributed by atoms with Crippen LogP contribution in [0.3, 0.4) is 0 Å². The van der Waals surface area contributed by atoms with Gasteiger partial charge in [-0.15, -0.1) is 0 Å². The lowest BCUT2D eigenvalue weighted by atomic mass is 10.1. The molecule has 0 saturated carbocycles. The third-order valence-electron chi connectivity index (χ3n) is 4.33. The van der Waals surface area contributed by atoms with Gasteiger partial charge in [0.2, 0.25) is 0 Å². The van der Waals surface area contributed by atoms with E-state index in [4.69, 9.17) is 9.47 Å². The Kier molecular flexibility index (Phi) is 7.42. The van der Waals surface area contributed by atoms with Crippen LogP contribution in [0.5, 0.6) is 17.2 Å². The minimum atomic E-state index is -4.18. The first-order chi connectivity index (χ1) is 15.2. The molecule has 0 radical (unpaired) electrons. The summed E-state index contributed by atoms with van der Waals surface area (Å²) in [5.74, 6) is 1.29. The molecule has 0 aromatic heterocycles. The second-order valence-corrected chi connectivity index (χ2v) is 9.75. The monoisotopic (exact) mass is 518 g/mol. The van der Waals surface area contributed by atoms with Crippen molar-refractivity contribution in [3.8, 4) is 28.4 Å². The second-order valence-electron chi connectivity index (χ2n) is 7.18. The van der Waals surface area contributed by atoms with Crippen LogP contribution < -0.4 is 19.5 Å². The van der Waals surface area contributed by atoms with Crippen molar-refractivity contribution < 1.29 is 22.7 Å². The van der Waals surface area contributed by atoms with Crippen molar-refractivity contribution in [1.29, 1.82) is 0 Å². The number of carbonyl (C=O) groups excluding carboxylic acids is 1. The lowest BCUT2D eigenvalue weighted by Crippen LogP contribution is -2.42. The maximum Gasteiger partial charge on any atom is 0.328 e. The highest BCUT2D eigenvalue weighted by Gasteiger charge is 2.23. The predicted molar refractivity (Wildman–Crippen MR) is 127 cm³/mol. The Morgan fingerprint density at radius 3 is 2.31 bits per heavy atom. The number of amides is 2. The average Bonchev–Trinajstić information content (AvgIpc) is 2.74. The predicted octanol–water partition coefficient (Wildman–Crippen LogP) is 5.31. The Morgan fingerprint density at radius 1 is 0.938 bits per heavy atom. The van der Waals surface area contributed by atoms with Crippen LogP contribution in [0.15, 0.2) is 76.1 Å². The Labute approximate surface area is 195 Å². The van der Waals surface area contributed by atoms with Crippen LogP contribution in [0.25, 0.3) is 11.1 Å². The van der Waals surface area contributed by atoms with Crippen LogP contribution in [0, 0.1) is 0 Å². The SMILES string of the molecule is COc1ccc(-c2cccc(Oc3ccc(Br)cc3S(=O)(=O)NC(=O)NC(C)C)c2)cc1. The van der Waals surface area contributed by atoms with Crippen LogP contribution >= 0.6 is 15.9 Å². The van der Waals surface area contributed by atoms with E-state index in [-0.39, 0.29) is 16.7 Å². The first kappa shape index (κ1) is 23.6. The molecular formula is C23H23BrN2O5S. The number of hydrogen-bond donors (Lipinski definition) is 2. The van der Waals surface area contributed by atoms with Gasteiger partial charge in [-0.05, 0) is 67.4 Å². The molecule has 9 heteroatoms. The third-order valence-corrected chi connectivity index (χ3v) is 6.17. The van der Waals surface area contributed by atoms with Crippen molar-refractivity contribution in [2.24, 2.45) is 0 Å². The molecule has 168 valence electrons. The zero-order chi connectivity index (χ0) is 23.3. The number of benzene rings is 3. The Morgan fingerprint density at radius 2 is 1.66 bits per heavy atom. The number of halogens is 1. The first-order valence-electron chi connectivity index (χ1n) is 9.73. The summed E-state index contributed by atoms with van der Waals surface area (Å²) < 4.78 is 39.4. The van der Waals surface area contributed by atoms with Crippen molar-refractivity contribution in [1.82, 2.24) is 10.0 Å². The molecule has 32 heavy (non-hydrogen) atoms. The number of ether oxygens (including phenoxy) is 2. The summed E-state index contributed by atoms with van der Waals surface area (Å²) in [6, 6.07) is 18.4. The lowest BCUT2D eigenvalue weighted by Gasteiger charge is -2.15. The van der Waals surface area contributed by atoms with Crippen LogP contribution in [0.2, 0.25) is 0 Å². The number of urea groups is 1. The molecule has 0 spiro atoms. The Balaban J connectivity index is 1.90. The molecule has 0 fully saturated rings. The molecule has 7 nitrogen and oxygen atoms in total. The maximum atomic E-state index is 12.9. The van der Waals surface area contributed by atoms with Gasteiger partial charge in [-0.3, -0.25) is 0 Å². The van der Waals surface area contributed by atoms with Crippen molar-refractivity contribution in [2.45, 2.75) is 24.8 Å². The molecule has 0 unspecified atom stereocenters. The van der Waals surface area contributed by atoms with Crippen molar-refractivity contribution in [3.05, 3.63) is 71.2 Å². The zero-order valence-corrected chi connectivity index (χ0v) is 20.2. The average molecular weight is 519 g/mol. The number of rotatable bonds is 7. The van der Waals surface area contributed by atoms with E-state index in [1.165, 1.54) is 12.1 Å². The minimum Gasteiger partial charge on any atom is -0.497 e. The van der Waals surface area contributed by atoms with Gasteiger partial charge in [0.05, 0.1) is 7.11 Å². The molecule has 2 N–H and O–H groups in total. The van der Waals surface area contributed by atoms with Gasteiger partial charge in [0.15, 0.2) is 0 Å². The molecule has 0 heterocycles. The molecule has 0 aliphatic heterocycles. The largest absolute Gasteiger partial charge is 0.497 e. The molecule has 2 amide bonds. The smallest absolute Gasteiger partial charge is 0.328 e. The molecule has 3 rings (SSSR count). The van der Waals surface area contributed by atoms with Gasteiger partial charge in [-0.2, -0.15) is 0 Å². The fourth-order valence-corrected chi connectivity index (χ4v) is 4.48. The summed E-state index contributed by atoms with van der Waals surface area (Å²) >= 11 is 3.28. The van der Waals surface area contributed by atoms with Crippen molar-refractivity contribution in [2.75, 3.05) is 7.11 Å². The van der Waals surface area contributed by atoms with Crippen LogP contribution in [0.1, 0.15) is 13.8 Å². The fourth-order valence-electron chi connectivity index (χ4n) is 2.89. The topological polar surface area (TPSA) is 93.7 Å². The first-order valence-corrected chi connectivity index (χ1v) is 12.0. The van der Waals surface area contributed by atoms with Crippen molar-refractivity contribution in [3.63, 3.8) is 0 Å². The molecule has 0 saturated heterocycles. The summed E-state index contributed by atoms with van der Waals surface area (Å²) in [5, 5.41) is 2.50. The molecule has 3 aromatic rings. The van der Waals surface area contributed by atoms with E-state index in [0.717, 1.165) is 16.9 Å². The van der Waals surface area contributed by atoms with Gasteiger partial charge in [0.1, 0.15) is 22.1 Å². The van der Waals surface area contributed by atoms with Gasteiger partial charge >= 0.3 is 6.03 Å². The zero-order valence-electron chi connectivity index (χ0n) is 17.8. The normalized spacial score (nSPS) is 11.2. The van der Waals surface area contributed by atoms with Crippen LogP contribution in [-0.4, -0.2) is 27.6 Å². The van der Waals surface area contributed by atoms with E-state index in [1.807, 2.05) is 41.1 Å². The highest BCUT2D eigenvalue weighted by atomic mass is 79.9. The summed E-state index contributed by atoms with van der Waals surface area (Å²) in [6.07, 6.45) is 0. The standard InChI is InChI=1S/C23H23BrN2O5S/c1-15(2)25-23(27)26-32(28,29)22-14-18(24)9-12-21(22)31-20-6-4-5-17(13-20)16-7-10-19(30-3)11-8-16/h4-15H,1-3H3,(H2,25,26,27). The van der Waals surface area contributed by atoms with Gasteiger partial charge in [-0.25, -0.2) is 17.9 Å². The molecule has 3 aromatic carbocycles. The van der Waals surface area contributed by atoms with Gasteiger partial charge in [0.25, 0.3) is 10.0 Å². The van der Waals surface area contributed by atoms with E-state index in [1.54, 1.807) is 39.2 Å². The number of nitrogens with one attached hydrogen (secondary N) is 2. The molecular weight excluding hydrogens is 496 g/mol. The summed E-state index contributed by atoms with van der Waals surface area (Å²) in [6.45, 7) is 3.46. The lowest BCUT2D eigenvalue weighted by molar-refractivity contribution is 0.243. The number of carbonyl (C=O) groups is 1. The third kappa shape index (κ3) is 6.02. The molecule has 0 aliphatic carbocycles. The highest BCUT2D eigenvalue weighted by molar-refractivity contribution is 9.10. The number of hydrogen-bond acceptors (Lipinski definition) is 5. The van der Waals surface area contributed by atoms with E-state index < -0.39 is 16.1 Å². The van der Waals surface area contributed by atoms with E-state index >= 15 is 0 Å². The van der Waals surface area contributed by atoms with Crippen LogP contribution in [0.4, 0.5) is 4.79 Å². The Hall–Kier alpha value is -3.04. The number of sulfonamides is 1. The summed E-state index contributed by atoms with van der Waals surface area (Å²) in [4.78, 5) is 11.8.